The van der Waals surface area contributed by atoms with Gasteiger partial charge in [-0.25, -0.2) is 0 Å². The summed E-state index contributed by atoms with van der Waals surface area (Å²) in [6.45, 7) is 0.480. The van der Waals surface area contributed by atoms with Crippen molar-refractivity contribution in [1.82, 2.24) is 10.6 Å². The van der Waals surface area contributed by atoms with Crippen molar-refractivity contribution in [3.8, 4) is 0 Å². The molecule has 1 heterocycles. The molecular formula is C20H24N2O3S. The van der Waals surface area contributed by atoms with Crippen molar-refractivity contribution in [3.05, 3.63) is 46.9 Å². The Morgan fingerprint density at radius 3 is 2.77 bits per heavy atom. The van der Waals surface area contributed by atoms with Gasteiger partial charge in [0.15, 0.2) is 0 Å². The number of allylic oxidation sites excluding steroid dienone is 1. The molecule has 0 saturated carbocycles. The summed E-state index contributed by atoms with van der Waals surface area (Å²) in [6, 6.07) is 7.80. The van der Waals surface area contributed by atoms with Crippen molar-refractivity contribution in [1.29, 1.82) is 0 Å². The van der Waals surface area contributed by atoms with Gasteiger partial charge in [0.2, 0.25) is 0 Å². The molecule has 0 radical (unpaired) electrons. The number of aliphatic hydroxyl groups excluding tert-OH is 1. The van der Waals surface area contributed by atoms with E-state index in [4.69, 9.17) is 0 Å². The van der Waals surface area contributed by atoms with E-state index in [0.717, 1.165) is 34.9 Å². The van der Waals surface area contributed by atoms with E-state index in [2.05, 4.69) is 16.7 Å². The van der Waals surface area contributed by atoms with Gasteiger partial charge in [-0.15, -0.1) is 11.3 Å². The zero-order valence-electron chi connectivity index (χ0n) is 14.7. The molecule has 1 aromatic heterocycles. The SMILES string of the molecule is O=C(NCCC1=CCCCC1)C(=O)NC[C@H](O)c1csc2ccccc12. The molecule has 2 amide bonds. The second-order valence-corrected chi connectivity index (χ2v) is 7.44. The van der Waals surface area contributed by atoms with Crippen molar-refractivity contribution < 1.29 is 14.7 Å². The molecule has 0 fully saturated rings. The van der Waals surface area contributed by atoms with E-state index in [1.165, 1.54) is 18.4 Å². The number of carbonyl (C=O) groups is 2. The first-order valence-corrected chi connectivity index (χ1v) is 9.91. The van der Waals surface area contributed by atoms with Gasteiger partial charge >= 0.3 is 11.8 Å². The van der Waals surface area contributed by atoms with E-state index in [9.17, 15) is 14.7 Å². The largest absolute Gasteiger partial charge is 0.387 e. The third-order valence-corrected chi connectivity index (χ3v) is 5.63. The quantitative estimate of drug-likeness (QED) is 0.539. The molecule has 0 unspecified atom stereocenters. The van der Waals surface area contributed by atoms with Crippen LogP contribution in [0, 0.1) is 0 Å². The minimum absolute atomic E-state index is 0.0120. The third kappa shape index (κ3) is 4.71. The van der Waals surface area contributed by atoms with E-state index in [0.29, 0.717) is 6.54 Å². The van der Waals surface area contributed by atoms with Crippen LogP contribution in [0.1, 0.15) is 43.8 Å². The maximum atomic E-state index is 11.9. The fourth-order valence-electron chi connectivity index (χ4n) is 3.18. The Bertz CT molecular complexity index is 812. The molecule has 26 heavy (non-hydrogen) atoms. The molecule has 138 valence electrons. The first-order valence-electron chi connectivity index (χ1n) is 9.03. The molecule has 0 aliphatic heterocycles. The molecule has 0 bridgehead atoms. The van der Waals surface area contributed by atoms with Crippen LogP contribution in [0.5, 0.6) is 0 Å². The number of hydrogen-bond donors (Lipinski definition) is 3. The molecule has 1 aliphatic carbocycles. The van der Waals surface area contributed by atoms with Crippen LogP contribution in [0.25, 0.3) is 10.1 Å². The minimum Gasteiger partial charge on any atom is -0.387 e. The first-order chi connectivity index (χ1) is 12.6. The van der Waals surface area contributed by atoms with Gasteiger partial charge in [-0.2, -0.15) is 0 Å². The van der Waals surface area contributed by atoms with Gasteiger partial charge in [-0.3, -0.25) is 9.59 Å². The van der Waals surface area contributed by atoms with Gasteiger partial charge in [0.25, 0.3) is 0 Å². The lowest BCUT2D eigenvalue weighted by Gasteiger charge is -2.13. The number of hydrogen-bond acceptors (Lipinski definition) is 4. The molecule has 1 aromatic carbocycles. The highest BCUT2D eigenvalue weighted by Gasteiger charge is 2.17. The summed E-state index contributed by atoms with van der Waals surface area (Å²) in [5, 5.41) is 18.4. The van der Waals surface area contributed by atoms with Crippen LogP contribution in [0.2, 0.25) is 0 Å². The van der Waals surface area contributed by atoms with Gasteiger partial charge in [0, 0.05) is 23.4 Å². The predicted octanol–water partition coefficient (Wildman–Crippen LogP) is 3.06. The number of fused-ring (bicyclic) bond motifs is 1. The number of aliphatic hydroxyl groups is 1. The Labute approximate surface area is 157 Å². The van der Waals surface area contributed by atoms with E-state index < -0.39 is 17.9 Å². The fraction of sp³-hybridized carbons (Fsp3) is 0.400. The number of amides is 2. The molecule has 6 heteroatoms. The lowest BCUT2D eigenvalue weighted by atomic mass is 9.97. The molecule has 5 nitrogen and oxygen atoms in total. The Morgan fingerprint density at radius 1 is 1.15 bits per heavy atom. The normalized spacial score (nSPS) is 15.3. The molecule has 3 rings (SSSR count). The van der Waals surface area contributed by atoms with Crippen molar-refractivity contribution in [2.75, 3.05) is 13.1 Å². The number of rotatable bonds is 6. The van der Waals surface area contributed by atoms with E-state index in [-0.39, 0.29) is 6.54 Å². The zero-order chi connectivity index (χ0) is 18.4. The van der Waals surface area contributed by atoms with Gasteiger partial charge in [-0.1, -0.05) is 29.8 Å². The van der Waals surface area contributed by atoms with Crippen LogP contribution < -0.4 is 10.6 Å². The van der Waals surface area contributed by atoms with Crippen LogP contribution in [-0.2, 0) is 9.59 Å². The monoisotopic (exact) mass is 372 g/mol. The second kappa shape index (κ2) is 8.96. The summed E-state index contributed by atoms with van der Waals surface area (Å²) >= 11 is 1.55. The van der Waals surface area contributed by atoms with Crippen molar-refractivity contribution >= 4 is 33.2 Å². The molecule has 1 aliphatic rings. The highest BCUT2D eigenvalue weighted by atomic mass is 32.1. The maximum Gasteiger partial charge on any atom is 0.309 e. The number of thiophene rings is 1. The summed E-state index contributed by atoms with van der Waals surface area (Å²) in [4.78, 5) is 23.8. The molecule has 3 N–H and O–H groups in total. The number of carbonyl (C=O) groups excluding carboxylic acids is 2. The van der Waals surface area contributed by atoms with Crippen LogP contribution in [0.3, 0.4) is 0 Å². The van der Waals surface area contributed by atoms with Gasteiger partial charge in [0.1, 0.15) is 0 Å². The standard InChI is InChI=1S/C20H24N2O3S/c23-17(16-13-26-18-9-5-4-8-15(16)18)12-22-20(25)19(24)21-11-10-14-6-2-1-3-7-14/h4-6,8-9,13,17,23H,1-3,7,10-12H2,(H,21,24)(H,22,25)/t17-/m0/s1. The molecule has 0 spiro atoms. The third-order valence-electron chi connectivity index (χ3n) is 4.65. The van der Waals surface area contributed by atoms with E-state index >= 15 is 0 Å². The molecule has 1 atom stereocenters. The summed E-state index contributed by atoms with van der Waals surface area (Å²) in [5.41, 5.74) is 2.13. The average molecular weight is 372 g/mol. The molecule has 2 aromatic rings. The Hall–Kier alpha value is -2.18. The highest BCUT2D eigenvalue weighted by molar-refractivity contribution is 7.17. The topological polar surface area (TPSA) is 78.4 Å². The minimum atomic E-state index is -0.838. The average Bonchev–Trinajstić information content (AvgIpc) is 3.11. The Kier molecular flexibility index (Phi) is 6.41. The van der Waals surface area contributed by atoms with Gasteiger partial charge in [-0.05, 0) is 48.9 Å². The molecular weight excluding hydrogens is 348 g/mol. The summed E-state index contributed by atoms with van der Waals surface area (Å²) in [7, 11) is 0. The van der Waals surface area contributed by atoms with Crippen LogP contribution in [0.15, 0.2) is 41.3 Å². The van der Waals surface area contributed by atoms with Crippen molar-refractivity contribution in [2.45, 2.75) is 38.2 Å². The lowest BCUT2D eigenvalue weighted by Crippen LogP contribution is -2.41. The summed E-state index contributed by atoms with van der Waals surface area (Å²) in [5.74, 6) is -1.36. The van der Waals surface area contributed by atoms with Crippen LogP contribution >= 0.6 is 11.3 Å². The maximum absolute atomic E-state index is 11.9. The summed E-state index contributed by atoms with van der Waals surface area (Å²) in [6.07, 6.45) is 6.83. The van der Waals surface area contributed by atoms with Crippen LogP contribution in [0.4, 0.5) is 0 Å². The summed E-state index contributed by atoms with van der Waals surface area (Å²) < 4.78 is 1.09. The van der Waals surface area contributed by atoms with Gasteiger partial charge in [0.05, 0.1) is 6.10 Å². The first kappa shape index (κ1) is 18.6. The van der Waals surface area contributed by atoms with Crippen molar-refractivity contribution in [2.24, 2.45) is 0 Å². The van der Waals surface area contributed by atoms with Gasteiger partial charge < -0.3 is 15.7 Å². The Morgan fingerprint density at radius 2 is 1.96 bits per heavy atom. The van der Waals surface area contributed by atoms with E-state index in [1.54, 1.807) is 11.3 Å². The van der Waals surface area contributed by atoms with E-state index in [1.807, 2.05) is 29.6 Å². The predicted molar refractivity (Wildman–Crippen MR) is 104 cm³/mol. The second-order valence-electron chi connectivity index (χ2n) is 6.53. The zero-order valence-corrected chi connectivity index (χ0v) is 15.5. The lowest BCUT2D eigenvalue weighted by molar-refractivity contribution is -0.139. The van der Waals surface area contributed by atoms with Crippen LogP contribution in [-0.4, -0.2) is 30.0 Å². The fourth-order valence-corrected chi connectivity index (χ4v) is 4.19. The number of benzene rings is 1. The number of nitrogens with one attached hydrogen (secondary N) is 2. The highest BCUT2D eigenvalue weighted by Crippen LogP contribution is 2.29. The van der Waals surface area contributed by atoms with Crippen molar-refractivity contribution in [3.63, 3.8) is 0 Å². The molecule has 0 saturated heterocycles. The smallest absolute Gasteiger partial charge is 0.309 e. The Balaban J connectivity index is 1.44.